The number of benzene rings is 2. The van der Waals surface area contributed by atoms with Gasteiger partial charge in [0, 0.05) is 11.8 Å². The summed E-state index contributed by atoms with van der Waals surface area (Å²) in [6.45, 7) is 2.22. The third kappa shape index (κ3) is 4.68. The summed E-state index contributed by atoms with van der Waals surface area (Å²) >= 11 is 6.06. The van der Waals surface area contributed by atoms with Gasteiger partial charge < -0.3 is 15.8 Å². The fourth-order valence-corrected chi connectivity index (χ4v) is 2.08. The van der Waals surface area contributed by atoms with Gasteiger partial charge in [-0.3, -0.25) is 4.79 Å². The Bertz CT molecular complexity index is 644. The van der Waals surface area contributed by atoms with Crippen molar-refractivity contribution in [3.63, 3.8) is 0 Å². The highest BCUT2D eigenvalue weighted by atomic mass is 35.5. The van der Waals surface area contributed by atoms with Crippen molar-refractivity contribution in [1.29, 1.82) is 0 Å². The quantitative estimate of drug-likeness (QED) is 0.829. The molecule has 0 spiro atoms. The second kappa shape index (κ2) is 6.99. The molecule has 0 aromatic heterocycles. The van der Waals surface area contributed by atoms with Crippen molar-refractivity contribution >= 4 is 28.9 Å². The lowest BCUT2D eigenvalue weighted by molar-refractivity contribution is -0.116. The second-order valence-corrected chi connectivity index (χ2v) is 5.11. The van der Waals surface area contributed by atoms with E-state index < -0.39 is 0 Å². The highest BCUT2D eigenvalue weighted by molar-refractivity contribution is 6.33. The van der Waals surface area contributed by atoms with Gasteiger partial charge in [-0.2, -0.15) is 0 Å². The Hall–Kier alpha value is -2.20. The number of carbonyl (C=O) groups is 1. The highest BCUT2D eigenvalue weighted by Gasteiger charge is 2.06. The van der Waals surface area contributed by atoms with Gasteiger partial charge in [0.15, 0.2) is 0 Å². The molecule has 0 heterocycles. The zero-order valence-electron chi connectivity index (χ0n) is 11.7. The normalized spacial score (nSPS) is 10.2. The van der Waals surface area contributed by atoms with Crippen LogP contribution in [0.2, 0.25) is 5.02 Å². The molecule has 4 nitrogen and oxygen atoms in total. The molecule has 110 valence electrons. The first-order valence-corrected chi connectivity index (χ1v) is 6.97. The molecule has 3 N–H and O–H groups in total. The number of aryl methyl sites for hydroxylation is 1. The van der Waals surface area contributed by atoms with Crippen LogP contribution in [0.4, 0.5) is 11.4 Å². The van der Waals surface area contributed by atoms with Gasteiger partial charge in [0.2, 0.25) is 5.91 Å². The predicted molar refractivity (Wildman–Crippen MR) is 85.8 cm³/mol. The van der Waals surface area contributed by atoms with E-state index in [-0.39, 0.29) is 18.9 Å². The maximum Gasteiger partial charge on any atom is 0.227 e. The molecule has 21 heavy (non-hydrogen) atoms. The van der Waals surface area contributed by atoms with Crippen LogP contribution in [0.1, 0.15) is 12.0 Å². The minimum Gasteiger partial charge on any atom is -0.493 e. The molecule has 1 amide bonds. The number of hydrogen-bond donors (Lipinski definition) is 2. The van der Waals surface area contributed by atoms with Crippen LogP contribution in [0.5, 0.6) is 5.75 Å². The Morgan fingerprint density at radius 2 is 2.10 bits per heavy atom. The molecule has 5 heteroatoms. The highest BCUT2D eigenvalue weighted by Crippen LogP contribution is 2.22. The summed E-state index contributed by atoms with van der Waals surface area (Å²) in [6.07, 6.45) is 0.235. The summed E-state index contributed by atoms with van der Waals surface area (Å²) < 4.78 is 5.47. The van der Waals surface area contributed by atoms with Crippen molar-refractivity contribution in [2.75, 3.05) is 17.7 Å². The average molecular weight is 305 g/mol. The molecule has 0 atom stereocenters. The third-order valence-electron chi connectivity index (χ3n) is 2.85. The van der Waals surface area contributed by atoms with Crippen LogP contribution in [-0.4, -0.2) is 12.5 Å². The van der Waals surface area contributed by atoms with E-state index in [1.54, 1.807) is 36.4 Å². The molecule has 2 rings (SSSR count). The number of rotatable bonds is 5. The molecule has 0 aliphatic carbocycles. The summed E-state index contributed by atoms with van der Waals surface area (Å²) in [5.74, 6) is 0.501. The molecule has 0 aliphatic rings. The summed E-state index contributed by atoms with van der Waals surface area (Å²) in [7, 11) is 0. The van der Waals surface area contributed by atoms with E-state index >= 15 is 0 Å². The minimum atomic E-state index is -0.148. The molecule has 0 saturated heterocycles. The Kier molecular flexibility index (Phi) is 5.06. The van der Waals surface area contributed by atoms with E-state index in [9.17, 15) is 4.79 Å². The number of halogens is 1. The lowest BCUT2D eigenvalue weighted by atomic mass is 10.2. The van der Waals surface area contributed by atoms with Crippen molar-refractivity contribution in [3.8, 4) is 5.75 Å². The zero-order chi connectivity index (χ0) is 15.2. The second-order valence-electron chi connectivity index (χ2n) is 4.70. The maximum absolute atomic E-state index is 11.8. The summed E-state index contributed by atoms with van der Waals surface area (Å²) in [5.41, 5.74) is 7.93. The fraction of sp³-hybridized carbons (Fsp3) is 0.188. The van der Waals surface area contributed by atoms with Crippen molar-refractivity contribution in [1.82, 2.24) is 0 Å². The van der Waals surface area contributed by atoms with Gasteiger partial charge >= 0.3 is 0 Å². The average Bonchev–Trinajstić information content (AvgIpc) is 2.42. The van der Waals surface area contributed by atoms with Crippen LogP contribution in [0, 0.1) is 6.92 Å². The summed E-state index contributed by atoms with van der Waals surface area (Å²) in [5, 5.41) is 3.29. The molecule has 0 aliphatic heterocycles. The van der Waals surface area contributed by atoms with Crippen molar-refractivity contribution in [3.05, 3.63) is 53.1 Å². The number of hydrogen-bond acceptors (Lipinski definition) is 3. The molecular weight excluding hydrogens is 288 g/mol. The smallest absolute Gasteiger partial charge is 0.227 e. The van der Waals surface area contributed by atoms with Crippen molar-refractivity contribution < 1.29 is 9.53 Å². The molecule has 2 aromatic rings. The van der Waals surface area contributed by atoms with E-state index in [1.165, 1.54) is 0 Å². The lowest BCUT2D eigenvalue weighted by Gasteiger charge is -2.09. The Labute approximate surface area is 128 Å². The Morgan fingerprint density at radius 3 is 2.81 bits per heavy atom. The van der Waals surface area contributed by atoms with Gasteiger partial charge in [0.05, 0.1) is 23.7 Å². The zero-order valence-corrected chi connectivity index (χ0v) is 12.5. The van der Waals surface area contributed by atoms with Crippen LogP contribution < -0.4 is 15.8 Å². The van der Waals surface area contributed by atoms with Crippen LogP contribution in [0.3, 0.4) is 0 Å². The van der Waals surface area contributed by atoms with Gasteiger partial charge in [-0.1, -0.05) is 23.7 Å². The summed E-state index contributed by atoms with van der Waals surface area (Å²) in [6, 6.07) is 12.6. The third-order valence-corrected chi connectivity index (χ3v) is 3.17. The molecule has 0 saturated carbocycles. The monoisotopic (exact) mass is 304 g/mol. The number of amides is 1. The van der Waals surface area contributed by atoms with E-state index in [4.69, 9.17) is 22.1 Å². The Morgan fingerprint density at radius 1 is 1.29 bits per heavy atom. The first-order chi connectivity index (χ1) is 10.0. The van der Waals surface area contributed by atoms with E-state index in [1.807, 2.05) is 13.0 Å². The maximum atomic E-state index is 11.8. The topological polar surface area (TPSA) is 64.3 Å². The number of ether oxygens (including phenoxy) is 1. The van der Waals surface area contributed by atoms with Crippen LogP contribution in [0.15, 0.2) is 42.5 Å². The molecule has 0 bridgehead atoms. The molecule has 0 unspecified atom stereocenters. The molecular formula is C16H17ClN2O2. The number of nitrogen functional groups attached to an aromatic ring is 1. The number of nitrogens with two attached hydrogens (primary N) is 1. The van der Waals surface area contributed by atoms with Crippen LogP contribution in [-0.2, 0) is 4.79 Å². The SMILES string of the molecule is Cc1ccc(NC(=O)CCOc2cccc(N)c2)c(Cl)c1. The van der Waals surface area contributed by atoms with Gasteiger partial charge in [0.25, 0.3) is 0 Å². The molecule has 0 radical (unpaired) electrons. The van der Waals surface area contributed by atoms with Gasteiger partial charge in [-0.05, 0) is 36.8 Å². The minimum absolute atomic E-state index is 0.148. The standard InChI is InChI=1S/C16H17ClN2O2/c1-11-5-6-15(14(17)9-11)19-16(20)7-8-21-13-4-2-3-12(18)10-13/h2-6,9-10H,7-8,18H2,1H3,(H,19,20). The first-order valence-electron chi connectivity index (χ1n) is 6.59. The lowest BCUT2D eigenvalue weighted by Crippen LogP contribution is -2.15. The van der Waals surface area contributed by atoms with Crippen molar-refractivity contribution in [2.24, 2.45) is 0 Å². The molecule has 2 aromatic carbocycles. The van der Waals surface area contributed by atoms with Crippen LogP contribution in [0.25, 0.3) is 0 Å². The number of carbonyl (C=O) groups excluding carboxylic acids is 1. The number of nitrogens with one attached hydrogen (secondary N) is 1. The fourth-order valence-electron chi connectivity index (χ4n) is 1.80. The number of anilines is 2. The largest absolute Gasteiger partial charge is 0.493 e. The van der Waals surface area contributed by atoms with E-state index in [0.29, 0.717) is 22.1 Å². The van der Waals surface area contributed by atoms with Gasteiger partial charge in [-0.15, -0.1) is 0 Å². The van der Waals surface area contributed by atoms with Crippen LogP contribution >= 0.6 is 11.6 Å². The Balaban J connectivity index is 1.82. The van der Waals surface area contributed by atoms with E-state index in [0.717, 1.165) is 5.56 Å². The van der Waals surface area contributed by atoms with Gasteiger partial charge in [0.1, 0.15) is 5.75 Å². The van der Waals surface area contributed by atoms with E-state index in [2.05, 4.69) is 5.32 Å². The predicted octanol–water partition coefficient (Wildman–Crippen LogP) is 3.64. The first kappa shape index (κ1) is 15.2. The van der Waals surface area contributed by atoms with Gasteiger partial charge in [-0.25, -0.2) is 0 Å². The molecule has 0 fully saturated rings. The summed E-state index contributed by atoms with van der Waals surface area (Å²) in [4.78, 5) is 11.8. The van der Waals surface area contributed by atoms with Crippen molar-refractivity contribution in [2.45, 2.75) is 13.3 Å².